The lowest BCUT2D eigenvalue weighted by Crippen LogP contribution is -2.30. The molecule has 0 amide bonds. The van der Waals surface area contributed by atoms with Crippen molar-refractivity contribution >= 4 is 17.9 Å². The highest BCUT2D eigenvalue weighted by molar-refractivity contribution is 5.71. The van der Waals surface area contributed by atoms with Crippen molar-refractivity contribution in [2.45, 2.75) is 245 Å². The van der Waals surface area contributed by atoms with Crippen LogP contribution in [-0.2, 0) is 28.6 Å². The van der Waals surface area contributed by atoms with Crippen molar-refractivity contribution in [3.63, 3.8) is 0 Å². The topological polar surface area (TPSA) is 78.9 Å². The van der Waals surface area contributed by atoms with E-state index >= 15 is 0 Å². The minimum absolute atomic E-state index is 0.127. The monoisotopic (exact) mass is 981 g/mol. The van der Waals surface area contributed by atoms with Gasteiger partial charge in [-0.25, -0.2) is 0 Å². The quantitative estimate of drug-likeness (QED) is 0.0262. The van der Waals surface area contributed by atoms with E-state index in [0.29, 0.717) is 19.3 Å². The van der Waals surface area contributed by atoms with Gasteiger partial charge in [0.05, 0.1) is 0 Å². The van der Waals surface area contributed by atoms with E-state index in [4.69, 9.17) is 14.2 Å². The Kier molecular flexibility index (Phi) is 54.5. The smallest absolute Gasteiger partial charge is 0.306 e. The molecule has 0 unspecified atom stereocenters. The van der Waals surface area contributed by atoms with E-state index < -0.39 is 12.1 Å². The first kappa shape index (κ1) is 66.6. The minimum atomic E-state index is -0.842. The zero-order valence-corrected chi connectivity index (χ0v) is 45.7. The molecular weight excluding hydrogens is 877 g/mol. The largest absolute Gasteiger partial charge is 0.462 e. The zero-order chi connectivity index (χ0) is 51.4. The first-order valence-corrected chi connectivity index (χ1v) is 28.7. The number of hydrogen-bond donors (Lipinski definition) is 0. The summed E-state index contributed by atoms with van der Waals surface area (Å²) in [6, 6.07) is 0. The molecule has 71 heavy (non-hydrogen) atoms. The van der Waals surface area contributed by atoms with E-state index in [1.807, 2.05) is 12.2 Å². The third-order valence-electron chi connectivity index (χ3n) is 11.6. The van der Waals surface area contributed by atoms with Crippen molar-refractivity contribution in [1.29, 1.82) is 0 Å². The van der Waals surface area contributed by atoms with Gasteiger partial charge in [-0.2, -0.15) is 0 Å². The molecule has 0 aliphatic heterocycles. The molecule has 6 heteroatoms. The Morgan fingerprint density at radius 3 is 0.944 bits per heavy atom. The van der Waals surface area contributed by atoms with Crippen LogP contribution in [0.15, 0.2) is 134 Å². The number of allylic oxidation sites excluding steroid dienone is 22. The maximum atomic E-state index is 12.8. The predicted molar refractivity (Wildman–Crippen MR) is 306 cm³/mol. The Hall–Kier alpha value is -4.45. The van der Waals surface area contributed by atoms with Crippen molar-refractivity contribution in [2.75, 3.05) is 13.2 Å². The third-order valence-corrected chi connectivity index (χ3v) is 11.6. The van der Waals surface area contributed by atoms with Crippen LogP contribution in [0.5, 0.6) is 0 Å². The molecule has 0 radical (unpaired) electrons. The van der Waals surface area contributed by atoms with Crippen LogP contribution in [0.25, 0.3) is 0 Å². The summed E-state index contributed by atoms with van der Waals surface area (Å²) in [5.41, 5.74) is 0. The van der Waals surface area contributed by atoms with Crippen molar-refractivity contribution in [2.24, 2.45) is 0 Å². The summed E-state index contributed by atoms with van der Waals surface area (Å²) in [7, 11) is 0. The second kappa shape index (κ2) is 58.1. The minimum Gasteiger partial charge on any atom is -0.462 e. The average Bonchev–Trinajstić information content (AvgIpc) is 3.37. The van der Waals surface area contributed by atoms with Gasteiger partial charge in [0, 0.05) is 19.3 Å². The number of carbonyl (C=O) groups excluding carboxylic acids is 3. The molecule has 0 spiro atoms. The number of carbonyl (C=O) groups is 3. The first-order chi connectivity index (χ1) is 35.0. The molecule has 0 saturated carbocycles. The molecule has 0 saturated heterocycles. The van der Waals surface area contributed by atoms with Crippen LogP contribution in [0.3, 0.4) is 0 Å². The van der Waals surface area contributed by atoms with Crippen molar-refractivity contribution in [3.8, 4) is 0 Å². The van der Waals surface area contributed by atoms with Gasteiger partial charge < -0.3 is 14.2 Å². The molecule has 0 fully saturated rings. The van der Waals surface area contributed by atoms with Crippen molar-refractivity contribution < 1.29 is 28.6 Å². The van der Waals surface area contributed by atoms with Gasteiger partial charge in [0.15, 0.2) is 6.10 Å². The maximum Gasteiger partial charge on any atom is 0.306 e. The Morgan fingerprint density at radius 1 is 0.296 bits per heavy atom. The molecule has 0 aromatic rings. The molecule has 400 valence electrons. The molecule has 6 nitrogen and oxygen atoms in total. The second-order valence-corrected chi connectivity index (χ2v) is 18.5. The van der Waals surface area contributed by atoms with E-state index in [9.17, 15) is 14.4 Å². The highest BCUT2D eigenvalue weighted by atomic mass is 16.6. The summed E-state index contributed by atoms with van der Waals surface area (Å²) in [4.78, 5) is 38.1. The van der Waals surface area contributed by atoms with Gasteiger partial charge in [0.2, 0.25) is 0 Å². The average molecular weight is 982 g/mol. The van der Waals surface area contributed by atoms with Crippen molar-refractivity contribution in [3.05, 3.63) is 134 Å². The Morgan fingerprint density at radius 2 is 0.577 bits per heavy atom. The van der Waals surface area contributed by atoms with Crippen LogP contribution < -0.4 is 0 Å². The molecule has 0 bridgehead atoms. The van der Waals surface area contributed by atoms with Gasteiger partial charge in [0.25, 0.3) is 0 Å². The molecule has 0 aliphatic carbocycles. The van der Waals surface area contributed by atoms with Gasteiger partial charge in [-0.15, -0.1) is 0 Å². The Balaban J connectivity index is 4.57. The molecule has 0 aliphatic rings. The summed E-state index contributed by atoms with van der Waals surface area (Å²) < 4.78 is 16.7. The van der Waals surface area contributed by atoms with Gasteiger partial charge in [0.1, 0.15) is 13.2 Å². The van der Waals surface area contributed by atoms with E-state index in [0.717, 1.165) is 89.9 Å². The molecule has 0 N–H and O–H groups in total. The van der Waals surface area contributed by atoms with Crippen LogP contribution in [-0.4, -0.2) is 37.2 Å². The van der Waals surface area contributed by atoms with Gasteiger partial charge >= 0.3 is 17.9 Å². The van der Waals surface area contributed by atoms with Crippen LogP contribution in [0.1, 0.15) is 239 Å². The zero-order valence-electron chi connectivity index (χ0n) is 45.7. The summed E-state index contributed by atoms with van der Waals surface area (Å²) >= 11 is 0. The van der Waals surface area contributed by atoms with Crippen molar-refractivity contribution in [1.82, 2.24) is 0 Å². The van der Waals surface area contributed by atoms with Gasteiger partial charge in [-0.1, -0.05) is 225 Å². The number of esters is 3. The normalized spacial score (nSPS) is 13.1. The fourth-order valence-corrected chi connectivity index (χ4v) is 7.33. The van der Waals surface area contributed by atoms with Gasteiger partial charge in [-0.3, -0.25) is 14.4 Å². The van der Waals surface area contributed by atoms with Crippen LogP contribution in [0, 0.1) is 0 Å². The lowest BCUT2D eigenvalue weighted by atomic mass is 10.1. The SMILES string of the molecule is CC/C=C\C/C=C\C/C=C\C/C=C\CCCCC(=O)OC[C@H](COC(=O)CCCCCCCCCCC/C=C\C/C=C\CCCCC)OC(=O)CC/C=C\C/C=C\C/C=C\C/C=C\C/C=C\CCCCC. The highest BCUT2D eigenvalue weighted by Crippen LogP contribution is 2.13. The molecule has 1 atom stereocenters. The number of rotatable bonds is 50. The summed E-state index contributed by atoms with van der Waals surface area (Å²) in [6.45, 7) is 6.36. The Labute approximate surface area is 436 Å². The fourth-order valence-electron chi connectivity index (χ4n) is 7.33. The van der Waals surface area contributed by atoms with E-state index in [-0.39, 0.29) is 38.0 Å². The number of hydrogen-bond acceptors (Lipinski definition) is 6. The summed E-state index contributed by atoms with van der Waals surface area (Å²) in [6.07, 6.45) is 81.7. The van der Waals surface area contributed by atoms with E-state index in [1.165, 1.54) is 96.3 Å². The van der Waals surface area contributed by atoms with Crippen LogP contribution >= 0.6 is 0 Å². The standard InChI is InChI=1S/C65H104O6/c1-4-7-10-13-16-19-22-25-28-30-32-34-37-40-43-46-49-52-55-58-64(67)70-61-62(60-69-63(66)57-54-51-48-45-42-39-36-27-24-21-18-15-12-9-6-3)71-65(68)59-56-53-50-47-44-41-38-35-33-31-29-26-23-20-17-14-11-8-5-2/h9,12,16-21,25-29,33,35-36,41-42,44-45,50,53,62H,4-8,10-11,13-15,22-24,30-32,34,37-40,43,46-49,51-52,54-61H2,1-3H3/b12-9-,19-16-,20-17-,21-18-,28-25-,29-26-,35-33-,36-27-,44-41-,45-42-,53-50-/t62-/m1/s1. The molecule has 0 rings (SSSR count). The highest BCUT2D eigenvalue weighted by Gasteiger charge is 2.19. The molecule has 0 heterocycles. The number of unbranched alkanes of at least 4 members (excludes halogenated alkanes) is 17. The van der Waals surface area contributed by atoms with Gasteiger partial charge in [-0.05, 0) is 128 Å². The fraction of sp³-hybridized carbons (Fsp3) is 0.615. The Bertz CT molecular complexity index is 1550. The molecule has 0 aromatic carbocycles. The summed E-state index contributed by atoms with van der Waals surface area (Å²) in [5, 5.41) is 0. The molecule has 0 aromatic heterocycles. The molecular formula is C65H104O6. The lowest BCUT2D eigenvalue weighted by Gasteiger charge is -2.18. The van der Waals surface area contributed by atoms with Crippen LogP contribution in [0.2, 0.25) is 0 Å². The number of ether oxygens (including phenoxy) is 3. The first-order valence-electron chi connectivity index (χ1n) is 28.7. The van der Waals surface area contributed by atoms with E-state index in [1.54, 1.807) is 0 Å². The van der Waals surface area contributed by atoms with E-state index in [2.05, 4.69) is 142 Å². The maximum absolute atomic E-state index is 12.8. The predicted octanol–water partition coefficient (Wildman–Crippen LogP) is 19.4. The third kappa shape index (κ3) is 56.3. The lowest BCUT2D eigenvalue weighted by molar-refractivity contribution is -0.166. The summed E-state index contributed by atoms with van der Waals surface area (Å²) in [5.74, 6) is -1.06. The van der Waals surface area contributed by atoms with Crippen LogP contribution in [0.4, 0.5) is 0 Å². The second-order valence-electron chi connectivity index (χ2n) is 18.5.